The molecule has 0 fully saturated rings. The zero-order chi connectivity index (χ0) is 54.2. The van der Waals surface area contributed by atoms with Crippen LogP contribution in [-0.2, 0) is 69.2 Å². The van der Waals surface area contributed by atoms with Gasteiger partial charge in [-0.2, -0.15) is 0 Å². The van der Waals surface area contributed by atoms with Crippen molar-refractivity contribution in [2.24, 2.45) is 17.6 Å². The van der Waals surface area contributed by atoms with Gasteiger partial charge in [0, 0.05) is 24.6 Å². The highest BCUT2D eigenvalue weighted by atomic mass is 16.6. The highest BCUT2D eigenvalue weighted by Crippen LogP contribution is 2.37. The first-order chi connectivity index (χ1) is 37.3. The first-order valence-electron chi connectivity index (χ1n) is 26.9. The number of aryl methyl sites for hydroxylation is 1. The molecule has 0 aromatic heterocycles. The Balaban J connectivity index is 1.07. The molecule has 0 aliphatic rings. The van der Waals surface area contributed by atoms with Crippen molar-refractivity contribution < 1.29 is 62.1 Å². The maximum atomic E-state index is 13.9. The third-order valence-corrected chi connectivity index (χ3v) is 12.6. The van der Waals surface area contributed by atoms with Crippen molar-refractivity contribution in [2.45, 2.75) is 64.1 Å². The van der Waals surface area contributed by atoms with E-state index in [0.29, 0.717) is 151 Å². The van der Waals surface area contributed by atoms with E-state index in [-0.39, 0.29) is 36.7 Å². The Labute approximate surface area is 451 Å². The zero-order valence-electron chi connectivity index (χ0n) is 45.0. The van der Waals surface area contributed by atoms with Crippen molar-refractivity contribution in [3.05, 3.63) is 137 Å². The van der Waals surface area contributed by atoms with Crippen LogP contribution in [0, 0.1) is 18.8 Å². The molecule has 420 valence electrons. The summed E-state index contributed by atoms with van der Waals surface area (Å²) >= 11 is 0. The topological polar surface area (TPSA) is 217 Å². The van der Waals surface area contributed by atoms with E-state index in [1.165, 1.54) is 5.56 Å². The highest BCUT2D eigenvalue weighted by molar-refractivity contribution is 5.94. The van der Waals surface area contributed by atoms with Crippen molar-refractivity contribution in [1.29, 1.82) is 0 Å². The van der Waals surface area contributed by atoms with Crippen LogP contribution >= 0.6 is 0 Å². The minimum Gasteiger partial charge on any atom is -0.392 e. The molecule has 3 atom stereocenters. The van der Waals surface area contributed by atoms with Crippen LogP contribution in [0.2, 0.25) is 0 Å². The lowest BCUT2D eigenvalue weighted by molar-refractivity contribution is -0.119. The van der Waals surface area contributed by atoms with Crippen LogP contribution in [0.15, 0.2) is 109 Å². The number of rotatable bonds is 47. The average Bonchev–Trinajstić information content (AvgIpc) is 3.45. The summed E-state index contributed by atoms with van der Waals surface area (Å²) in [5.41, 5.74) is 10.5. The molecule has 6 N–H and O–H groups in total. The Hall–Kier alpha value is -4.99. The Bertz CT molecular complexity index is 2050. The minimum atomic E-state index is -0.587. The third-order valence-electron chi connectivity index (χ3n) is 12.6. The second-order valence-corrected chi connectivity index (χ2v) is 18.4. The molecule has 4 rings (SSSR count). The highest BCUT2D eigenvalue weighted by Gasteiger charge is 2.35. The molecule has 4 aromatic rings. The SMILES string of the molecule is Cc1ccc(C(NCCCC[C@H](NCC(C)[C@@H](C=O)CCOCCOCCOCCOCCOCCOCCOCCOCCOCCC(N)=O)C(=O)Nc2ccc(CO)cc2)(c2ccccc2)c2ccccc2)cc1. The summed E-state index contributed by atoms with van der Waals surface area (Å²) in [5.74, 6) is -0.840. The number of anilines is 1. The second kappa shape index (κ2) is 40.3. The summed E-state index contributed by atoms with van der Waals surface area (Å²) in [5, 5.41) is 20.1. The number of aldehydes is 1. The normalized spacial score (nSPS) is 12.8. The monoisotopic (exact) mass is 1060 g/mol. The molecule has 76 heavy (non-hydrogen) atoms. The van der Waals surface area contributed by atoms with Crippen molar-refractivity contribution >= 4 is 23.8 Å². The molecular weight excluding hydrogens is 973 g/mol. The molecule has 2 amide bonds. The van der Waals surface area contributed by atoms with Gasteiger partial charge < -0.3 is 68.9 Å². The van der Waals surface area contributed by atoms with E-state index in [0.717, 1.165) is 41.4 Å². The summed E-state index contributed by atoms with van der Waals surface area (Å²) in [4.78, 5) is 36.8. The number of carbonyl (C=O) groups is 3. The van der Waals surface area contributed by atoms with E-state index in [9.17, 15) is 19.5 Å². The van der Waals surface area contributed by atoms with Gasteiger partial charge in [0.25, 0.3) is 0 Å². The lowest BCUT2D eigenvalue weighted by Crippen LogP contribution is -2.45. The predicted molar refractivity (Wildman–Crippen MR) is 293 cm³/mol. The van der Waals surface area contributed by atoms with Gasteiger partial charge in [0.2, 0.25) is 11.8 Å². The van der Waals surface area contributed by atoms with Crippen LogP contribution in [-0.4, -0.2) is 161 Å². The van der Waals surface area contributed by atoms with Crippen LogP contribution in [0.1, 0.15) is 66.8 Å². The quantitative estimate of drug-likeness (QED) is 0.0195. The molecule has 0 aliphatic carbocycles. The number of aliphatic hydroxyl groups is 1. The molecule has 17 nitrogen and oxygen atoms in total. The predicted octanol–water partition coefficient (Wildman–Crippen LogP) is 6.00. The number of primary amides is 1. The standard InChI is InChI=1S/C59H86N4O13/c1-48-16-20-54(21-17-48)59(52-11-5-3-6-12-52,53-13-7-4-8-14-53)62-26-10-9-15-56(58(67)63-55-22-18-50(46-64)19-23-55)61-45-49(2)51(47-65)24-27-68-29-31-70-33-35-72-37-39-74-41-43-76-44-42-75-40-38-73-36-34-71-32-30-69-28-25-57(60)66/h3-8,11-14,16-23,47,49,51,56,61-62,64H,9-10,15,24-46H2,1-2H3,(H2,60,66)(H,63,67)/t49?,51-,56+/m1/s1. The summed E-state index contributed by atoms with van der Waals surface area (Å²) in [6.07, 6.45) is 3.91. The van der Waals surface area contributed by atoms with Gasteiger partial charge >= 0.3 is 0 Å². The Morgan fingerprint density at radius 2 is 1.00 bits per heavy atom. The van der Waals surface area contributed by atoms with Crippen molar-refractivity contribution in [1.82, 2.24) is 10.6 Å². The van der Waals surface area contributed by atoms with Crippen molar-refractivity contribution in [2.75, 3.05) is 137 Å². The van der Waals surface area contributed by atoms with Crippen LogP contribution < -0.4 is 21.7 Å². The molecule has 0 radical (unpaired) electrons. The largest absolute Gasteiger partial charge is 0.392 e. The van der Waals surface area contributed by atoms with Gasteiger partial charge in [-0.3, -0.25) is 14.9 Å². The fourth-order valence-electron chi connectivity index (χ4n) is 8.20. The number of aliphatic hydroxyl groups excluding tert-OH is 1. The van der Waals surface area contributed by atoms with Gasteiger partial charge in [0.15, 0.2) is 0 Å². The summed E-state index contributed by atoms with van der Waals surface area (Å²) in [7, 11) is 0. The first-order valence-corrected chi connectivity index (χ1v) is 26.9. The lowest BCUT2D eigenvalue weighted by atomic mass is 9.76. The average molecular weight is 1060 g/mol. The van der Waals surface area contributed by atoms with Crippen LogP contribution in [0.3, 0.4) is 0 Å². The molecule has 0 saturated heterocycles. The van der Waals surface area contributed by atoms with E-state index >= 15 is 0 Å². The molecule has 0 heterocycles. The number of ether oxygens (including phenoxy) is 9. The molecule has 0 bridgehead atoms. The molecule has 4 aromatic carbocycles. The smallest absolute Gasteiger partial charge is 0.241 e. The van der Waals surface area contributed by atoms with Gasteiger partial charge in [-0.1, -0.05) is 116 Å². The lowest BCUT2D eigenvalue weighted by Gasteiger charge is -2.37. The number of benzene rings is 4. The van der Waals surface area contributed by atoms with E-state index < -0.39 is 11.6 Å². The maximum absolute atomic E-state index is 13.9. The summed E-state index contributed by atoms with van der Waals surface area (Å²) in [6, 6.07) is 36.5. The van der Waals surface area contributed by atoms with Gasteiger partial charge in [0.1, 0.15) is 6.29 Å². The Morgan fingerprint density at radius 1 is 0.566 bits per heavy atom. The number of nitrogens with one attached hydrogen (secondary N) is 3. The van der Waals surface area contributed by atoms with E-state index in [4.69, 9.17) is 48.4 Å². The minimum absolute atomic E-state index is 0.0468. The number of amides is 2. The fourth-order valence-corrected chi connectivity index (χ4v) is 8.20. The molecule has 0 spiro atoms. The Morgan fingerprint density at radius 3 is 1.43 bits per heavy atom. The number of carbonyl (C=O) groups excluding carboxylic acids is 3. The number of hydrogen-bond donors (Lipinski definition) is 5. The first kappa shape index (κ1) is 63.5. The Kier molecular flexibility index (Phi) is 33.7. The van der Waals surface area contributed by atoms with Crippen molar-refractivity contribution in [3.8, 4) is 0 Å². The van der Waals surface area contributed by atoms with Gasteiger partial charge in [-0.15, -0.1) is 0 Å². The van der Waals surface area contributed by atoms with Gasteiger partial charge in [-0.25, -0.2) is 0 Å². The molecule has 17 heteroatoms. The number of unbranched alkanes of at least 4 members (excludes halogenated alkanes) is 1. The summed E-state index contributed by atoms with van der Waals surface area (Å²) < 4.78 is 49.7. The van der Waals surface area contributed by atoms with Crippen LogP contribution in [0.25, 0.3) is 0 Å². The van der Waals surface area contributed by atoms with Gasteiger partial charge in [0.05, 0.1) is 131 Å². The van der Waals surface area contributed by atoms with E-state index in [1.807, 2.05) is 19.1 Å². The maximum Gasteiger partial charge on any atom is 0.241 e. The van der Waals surface area contributed by atoms with Crippen LogP contribution in [0.5, 0.6) is 0 Å². The fraction of sp³-hybridized carbons (Fsp3) is 0.542. The molecular formula is C59H86N4O13. The zero-order valence-corrected chi connectivity index (χ0v) is 45.0. The van der Waals surface area contributed by atoms with E-state index in [2.05, 4.69) is 95.7 Å². The molecule has 0 saturated carbocycles. The molecule has 0 aliphatic heterocycles. The number of hydrogen-bond acceptors (Lipinski definition) is 15. The number of nitrogens with two attached hydrogens (primary N) is 1. The van der Waals surface area contributed by atoms with E-state index in [1.54, 1.807) is 24.3 Å². The van der Waals surface area contributed by atoms with Gasteiger partial charge in [-0.05, 0) is 79.6 Å². The third kappa shape index (κ3) is 25.9. The van der Waals surface area contributed by atoms with Crippen LogP contribution in [0.4, 0.5) is 5.69 Å². The molecule has 1 unspecified atom stereocenters. The van der Waals surface area contributed by atoms with Crippen molar-refractivity contribution in [3.63, 3.8) is 0 Å². The summed E-state index contributed by atoms with van der Waals surface area (Å²) in [6.45, 7) is 13.0. The second-order valence-electron chi connectivity index (χ2n) is 18.4.